The van der Waals surface area contributed by atoms with E-state index in [4.69, 9.17) is 9.40 Å². The minimum absolute atomic E-state index is 0.525. The molecular formula is C16H18N4O. The number of rotatable bonds is 3. The fourth-order valence-electron chi connectivity index (χ4n) is 3.09. The molecule has 3 aromatic heterocycles. The molecule has 0 bridgehead atoms. The summed E-state index contributed by atoms with van der Waals surface area (Å²) >= 11 is 0. The third-order valence-corrected chi connectivity index (χ3v) is 4.17. The van der Waals surface area contributed by atoms with Crippen LogP contribution in [0.25, 0.3) is 16.9 Å². The monoisotopic (exact) mass is 282 g/mol. The van der Waals surface area contributed by atoms with Crippen molar-refractivity contribution >= 4 is 11.5 Å². The van der Waals surface area contributed by atoms with E-state index >= 15 is 0 Å². The number of nitrogens with one attached hydrogen (secondary N) is 1. The summed E-state index contributed by atoms with van der Waals surface area (Å²) < 4.78 is 7.29. The Morgan fingerprint density at radius 3 is 2.95 bits per heavy atom. The molecule has 3 aromatic rings. The number of imidazole rings is 1. The Hall–Kier alpha value is -2.30. The zero-order valence-electron chi connectivity index (χ0n) is 11.8. The summed E-state index contributed by atoms with van der Waals surface area (Å²) in [4.78, 5) is 8.86. The number of hydrogen-bond donors (Lipinski definition) is 1. The van der Waals surface area contributed by atoms with Gasteiger partial charge < -0.3 is 9.73 Å². The molecule has 4 rings (SSSR count). The number of furan rings is 1. The molecule has 1 fully saturated rings. The molecule has 3 heterocycles. The fourth-order valence-corrected chi connectivity index (χ4v) is 3.09. The Balaban J connectivity index is 1.78. The summed E-state index contributed by atoms with van der Waals surface area (Å²) in [5.41, 5.74) is 2.78. The maximum absolute atomic E-state index is 5.22. The van der Waals surface area contributed by atoms with Gasteiger partial charge in [-0.3, -0.25) is 9.38 Å². The van der Waals surface area contributed by atoms with Crippen molar-refractivity contribution in [2.75, 3.05) is 5.32 Å². The minimum Gasteiger partial charge on any atom is -0.472 e. The van der Waals surface area contributed by atoms with Crippen molar-refractivity contribution in [3.63, 3.8) is 0 Å². The smallest absolute Gasteiger partial charge is 0.157 e. The molecule has 0 amide bonds. The van der Waals surface area contributed by atoms with E-state index in [-0.39, 0.29) is 0 Å². The van der Waals surface area contributed by atoms with Gasteiger partial charge in [-0.1, -0.05) is 19.3 Å². The SMILES string of the molecule is c1cn2c(NC3CCCCC3)c(-c3ccoc3)nc2cn1. The summed E-state index contributed by atoms with van der Waals surface area (Å²) in [5, 5.41) is 3.69. The molecular weight excluding hydrogens is 264 g/mol. The van der Waals surface area contributed by atoms with Crippen LogP contribution in [0.5, 0.6) is 0 Å². The molecule has 0 spiro atoms. The van der Waals surface area contributed by atoms with Crippen molar-refractivity contribution in [1.29, 1.82) is 0 Å². The van der Waals surface area contributed by atoms with Crippen LogP contribution in [0.2, 0.25) is 0 Å². The van der Waals surface area contributed by atoms with E-state index in [0.717, 1.165) is 22.7 Å². The number of aromatic nitrogens is 3. The van der Waals surface area contributed by atoms with Gasteiger partial charge in [0.15, 0.2) is 5.65 Å². The minimum atomic E-state index is 0.525. The van der Waals surface area contributed by atoms with E-state index in [1.165, 1.54) is 32.1 Å². The van der Waals surface area contributed by atoms with Gasteiger partial charge >= 0.3 is 0 Å². The van der Waals surface area contributed by atoms with Gasteiger partial charge in [-0.15, -0.1) is 0 Å². The lowest BCUT2D eigenvalue weighted by atomic mass is 9.95. The van der Waals surface area contributed by atoms with E-state index in [2.05, 4.69) is 14.7 Å². The van der Waals surface area contributed by atoms with Crippen LogP contribution in [0.1, 0.15) is 32.1 Å². The molecule has 1 N–H and O–H groups in total. The van der Waals surface area contributed by atoms with Crippen molar-refractivity contribution in [3.05, 3.63) is 37.2 Å². The Labute approximate surface area is 123 Å². The summed E-state index contributed by atoms with van der Waals surface area (Å²) in [7, 11) is 0. The quantitative estimate of drug-likeness (QED) is 0.795. The maximum Gasteiger partial charge on any atom is 0.157 e. The van der Waals surface area contributed by atoms with E-state index < -0.39 is 0 Å². The summed E-state index contributed by atoms with van der Waals surface area (Å²) in [5.74, 6) is 1.04. The van der Waals surface area contributed by atoms with Crippen LogP contribution in [0.3, 0.4) is 0 Å². The van der Waals surface area contributed by atoms with Crippen molar-refractivity contribution in [2.24, 2.45) is 0 Å². The van der Waals surface area contributed by atoms with Crippen LogP contribution in [0, 0.1) is 0 Å². The van der Waals surface area contributed by atoms with Crippen molar-refractivity contribution in [3.8, 4) is 11.3 Å². The predicted molar refractivity (Wildman–Crippen MR) is 81.2 cm³/mol. The highest BCUT2D eigenvalue weighted by Gasteiger charge is 2.19. The first-order chi connectivity index (χ1) is 10.4. The van der Waals surface area contributed by atoms with Gasteiger partial charge in [0.1, 0.15) is 11.5 Å². The summed E-state index contributed by atoms with van der Waals surface area (Å²) in [6, 6.07) is 2.47. The van der Waals surface area contributed by atoms with Gasteiger partial charge in [-0.2, -0.15) is 0 Å². The van der Waals surface area contributed by atoms with Crippen molar-refractivity contribution < 1.29 is 4.42 Å². The molecule has 0 aromatic carbocycles. The van der Waals surface area contributed by atoms with E-state index in [9.17, 15) is 0 Å². The van der Waals surface area contributed by atoms with Crippen LogP contribution in [-0.2, 0) is 0 Å². The average Bonchev–Trinajstić information content (AvgIpc) is 3.16. The highest BCUT2D eigenvalue weighted by Crippen LogP contribution is 2.31. The molecule has 0 radical (unpaired) electrons. The van der Waals surface area contributed by atoms with Crippen molar-refractivity contribution in [1.82, 2.24) is 14.4 Å². The first-order valence-corrected chi connectivity index (χ1v) is 7.53. The topological polar surface area (TPSA) is 55.4 Å². The van der Waals surface area contributed by atoms with Crippen LogP contribution in [0.15, 0.2) is 41.6 Å². The lowest BCUT2D eigenvalue weighted by molar-refractivity contribution is 0.461. The predicted octanol–water partition coefficient (Wildman–Crippen LogP) is 3.73. The van der Waals surface area contributed by atoms with Crippen molar-refractivity contribution in [2.45, 2.75) is 38.1 Å². The fraction of sp³-hybridized carbons (Fsp3) is 0.375. The van der Waals surface area contributed by atoms with Crippen LogP contribution in [-0.4, -0.2) is 20.4 Å². The standard InChI is InChI=1S/C16H18N4O/c1-2-4-13(5-3-1)18-16-15(12-6-9-21-11-12)19-14-10-17-7-8-20(14)16/h6-11,13,18H,1-5H2. The summed E-state index contributed by atoms with van der Waals surface area (Å²) in [6.07, 6.45) is 15.4. The Morgan fingerprint density at radius 1 is 1.24 bits per heavy atom. The van der Waals surface area contributed by atoms with Gasteiger partial charge in [0, 0.05) is 24.0 Å². The largest absolute Gasteiger partial charge is 0.472 e. The lowest BCUT2D eigenvalue weighted by Crippen LogP contribution is -2.23. The number of nitrogens with zero attached hydrogens (tertiary/aromatic N) is 3. The maximum atomic E-state index is 5.22. The molecule has 1 saturated carbocycles. The highest BCUT2D eigenvalue weighted by atomic mass is 16.3. The molecule has 5 heteroatoms. The van der Waals surface area contributed by atoms with Gasteiger partial charge in [-0.05, 0) is 18.9 Å². The molecule has 21 heavy (non-hydrogen) atoms. The Morgan fingerprint density at radius 2 is 2.14 bits per heavy atom. The lowest BCUT2D eigenvalue weighted by Gasteiger charge is -2.24. The number of fused-ring (bicyclic) bond motifs is 1. The molecule has 0 aliphatic heterocycles. The van der Waals surface area contributed by atoms with Gasteiger partial charge in [-0.25, -0.2) is 4.98 Å². The molecule has 5 nitrogen and oxygen atoms in total. The second-order valence-electron chi connectivity index (χ2n) is 5.60. The van der Waals surface area contributed by atoms with Crippen LogP contribution >= 0.6 is 0 Å². The van der Waals surface area contributed by atoms with E-state index in [1.54, 1.807) is 24.9 Å². The molecule has 0 unspecified atom stereocenters. The van der Waals surface area contributed by atoms with Crippen LogP contribution < -0.4 is 5.32 Å². The number of hydrogen-bond acceptors (Lipinski definition) is 4. The average molecular weight is 282 g/mol. The molecule has 1 aliphatic rings. The molecule has 1 aliphatic carbocycles. The van der Waals surface area contributed by atoms with Gasteiger partial charge in [0.25, 0.3) is 0 Å². The van der Waals surface area contributed by atoms with Gasteiger partial charge in [0.2, 0.25) is 0 Å². The normalized spacial score (nSPS) is 16.4. The molecule has 108 valence electrons. The zero-order valence-corrected chi connectivity index (χ0v) is 11.8. The second kappa shape index (κ2) is 5.24. The third-order valence-electron chi connectivity index (χ3n) is 4.17. The van der Waals surface area contributed by atoms with E-state index in [1.807, 2.05) is 12.3 Å². The van der Waals surface area contributed by atoms with E-state index in [0.29, 0.717) is 6.04 Å². The number of anilines is 1. The summed E-state index contributed by atoms with van der Waals surface area (Å²) in [6.45, 7) is 0. The Bertz CT molecular complexity index is 726. The van der Waals surface area contributed by atoms with Gasteiger partial charge in [0.05, 0.1) is 18.7 Å². The molecule has 0 saturated heterocycles. The third kappa shape index (κ3) is 2.28. The first kappa shape index (κ1) is 12.4. The Kier molecular flexibility index (Phi) is 3.10. The first-order valence-electron chi connectivity index (χ1n) is 7.53. The van der Waals surface area contributed by atoms with Crippen LogP contribution in [0.4, 0.5) is 5.82 Å². The highest BCUT2D eigenvalue weighted by molar-refractivity contribution is 5.75. The second-order valence-corrected chi connectivity index (χ2v) is 5.60. The molecule has 0 atom stereocenters. The zero-order chi connectivity index (χ0) is 14.1.